The number of likely N-dealkylation sites (N-methyl/N-ethyl adjacent to an activating group) is 1. The van der Waals surface area contributed by atoms with Crippen LogP contribution in [0.25, 0.3) is 0 Å². The SMILES string of the molecule is CN1CCCC1CNCC(O)Cn1cc([N+](=O)[O-])cn1. The first kappa shape index (κ1) is 14.9. The molecule has 1 aliphatic heterocycles. The summed E-state index contributed by atoms with van der Waals surface area (Å²) in [6.07, 6.45) is 4.32. The number of nitrogens with one attached hydrogen (secondary N) is 1. The Morgan fingerprint density at radius 2 is 2.50 bits per heavy atom. The van der Waals surface area contributed by atoms with Gasteiger partial charge in [-0.3, -0.25) is 14.8 Å². The Labute approximate surface area is 117 Å². The van der Waals surface area contributed by atoms with Crippen molar-refractivity contribution in [1.82, 2.24) is 20.0 Å². The molecule has 112 valence electrons. The maximum Gasteiger partial charge on any atom is 0.306 e. The molecule has 0 bridgehead atoms. The first-order valence-electron chi connectivity index (χ1n) is 6.82. The Bertz CT molecular complexity index is 450. The second-order valence-electron chi connectivity index (χ2n) is 5.27. The van der Waals surface area contributed by atoms with Crippen LogP contribution in [-0.4, -0.2) is 63.5 Å². The van der Waals surface area contributed by atoms with Gasteiger partial charge in [0.05, 0.1) is 17.6 Å². The number of aromatic nitrogens is 2. The fourth-order valence-electron chi connectivity index (χ4n) is 2.48. The Hall–Kier alpha value is -1.51. The zero-order chi connectivity index (χ0) is 14.5. The minimum Gasteiger partial charge on any atom is -0.390 e. The number of hydrogen-bond donors (Lipinski definition) is 2. The van der Waals surface area contributed by atoms with Crippen LogP contribution in [0, 0.1) is 10.1 Å². The third-order valence-corrected chi connectivity index (χ3v) is 3.66. The van der Waals surface area contributed by atoms with Gasteiger partial charge in [0.15, 0.2) is 0 Å². The molecule has 1 fully saturated rings. The van der Waals surface area contributed by atoms with E-state index in [-0.39, 0.29) is 12.2 Å². The number of hydrogen-bond acceptors (Lipinski definition) is 6. The lowest BCUT2D eigenvalue weighted by Crippen LogP contribution is -2.39. The van der Waals surface area contributed by atoms with Crippen LogP contribution in [0.4, 0.5) is 5.69 Å². The van der Waals surface area contributed by atoms with Gasteiger partial charge in [0.1, 0.15) is 12.4 Å². The molecule has 2 atom stereocenters. The van der Waals surface area contributed by atoms with E-state index < -0.39 is 11.0 Å². The topological polar surface area (TPSA) is 96.5 Å². The number of rotatable bonds is 7. The van der Waals surface area contributed by atoms with Crippen LogP contribution >= 0.6 is 0 Å². The van der Waals surface area contributed by atoms with Crippen molar-refractivity contribution in [1.29, 1.82) is 0 Å². The smallest absolute Gasteiger partial charge is 0.306 e. The van der Waals surface area contributed by atoms with Gasteiger partial charge in [-0.15, -0.1) is 0 Å². The lowest BCUT2D eigenvalue weighted by atomic mass is 10.2. The van der Waals surface area contributed by atoms with Crippen LogP contribution in [0.5, 0.6) is 0 Å². The van der Waals surface area contributed by atoms with Crippen LogP contribution in [0.3, 0.4) is 0 Å². The van der Waals surface area contributed by atoms with Gasteiger partial charge in [0.25, 0.3) is 0 Å². The number of likely N-dealkylation sites (tertiary alicyclic amines) is 1. The summed E-state index contributed by atoms with van der Waals surface area (Å²) in [5.74, 6) is 0. The van der Waals surface area contributed by atoms with Gasteiger partial charge >= 0.3 is 5.69 Å². The Morgan fingerprint density at radius 3 is 3.10 bits per heavy atom. The molecule has 1 saturated heterocycles. The van der Waals surface area contributed by atoms with Gasteiger partial charge < -0.3 is 15.3 Å². The highest BCUT2D eigenvalue weighted by atomic mass is 16.6. The molecule has 20 heavy (non-hydrogen) atoms. The predicted molar refractivity (Wildman–Crippen MR) is 73.4 cm³/mol. The van der Waals surface area contributed by atoms with Crippen molar-refractivity contribution in [2.45, 2.75) is 31.5 Å². The predicted octanol–water partition coefficient (Wildman–Crippen LogP) is -0.164. The average Bonchev–Trinajstić information content (AvgIpc) is 2.99. The fraction of sp³-hybridized carbons (Fsp3) is 0.750. The highest BCUT2D eigenvalue weighted by Crippen LogP contribution is 2.13. The van der Waals surface area contributed by atoms with Crippen molar-refractivity contribution in [3.63, 3.8) is 0 Å². The summed E-state index contributed by atoms with van der Waals surface area (Å²) in [4.78, 5) is 12.3. The van der Waals surface area contributed by atoms with Crippen LogP contribution < -0.4 is 5.32 Å². The molecule has 0 aliphatic carbocycles. The lowest BCUT2D eigenvalue weighted by Gasteiger charge is -2.20. The van der Waals surface area contributed by atoms with Crippen molar-refractivity contribution in [3.8, 4) is 0 Å². The van der Waals surface area contributed by atoms with E-state index in [1.165, 1.54) is 29.9 Å². The molecule has 2 rings (SSSR count). The molecule has 2 unspecified atom stereocenters. The molecule has 0 spiro atoms. The number of nitro groups is 1. The molecule has 2 N–H and O–H groups in total. The molecular formula is C12H21N5O3. The van der Waals surface area contributed by atoms with E-state index in [2.05, 4.69) is 22.4 Å². The molecule has 0 amide bonds. The third kappa shape index (κ3) is 3.99. The summed E-state index contributed by atoms with van der Waals surface area (Å²) in [7, 11) is 2.11. The van der Waals surface area contributed by atoms with Crippen molar-refractivity contribution >= 4 is 5.69 Å². The summed E-state index contributed by atoms with van der Waals surface area (Å²) in [5.41, 5.74) is -0.0576. The van der Waals surface area contributed by atoms with Gasteiger partial charge in [-0.25, -0.2) is 0 Å². The first-order valence-corrected chi connectivity index (χ1v) is 6.82. The second-order valence-corrected chi connectivity index (χ2v) is 5.27. The summed E-state index contributed by atoms with van der Waals surface area (Å²) >= 11 is 0. The fourth-order valence-corrected chi connectivity index (χ4v) is 2.48. The zero-order valence-electron chi connectivity index (χ0n) is 11.6. The van der Waals surface area contributed by atoms with Crippen molar-refractivity contribution in [3.05, 3.63) is 22.5 Å². The van der Waals surface area contributed by atoms with Crippen molar-refractivity contribution < 1.29 is 10.0 Å². The molecule has 1 aromatic heterocycles. The molecule has 8 nitrogen and oxygen atoms in total. The van der Waals surface area contributed by atoms with Gasteiger partial charge in [-0.05, 0) is 26.4 Å². The summed E-state index contributed by atoms with van der Waals surface area (Å²) < 4.78 is 1.40. The Balaban J connectivity index is 1.69. The van der Waals surface area contributed by atoms with Crippen LogP contribution in [0.2, 0.25) is 0 Å². The minimum atomic E-state index is -0.610. The van der Waals surface area contributed by atoms with Gasteiger partial charge in [0, 0.05) is 19.1 Å². The van der Waals surface area contributed by atoms with Gasteiger partial charge in [0.2, 0.25) is 0 Å². The normalized spacial score (nSPS) is 21.2. The van der Waals surface area contributed by atoms with E-state index >= 15 is 0 Å². The Kier molecular flexibility index (Phi) is 5.05. The van der Waals surface area contributed by atoms with Crippen LogP contribution in [-0.2, 0) is 6.54 Å². The minimum absolute atomic E-state index is 0.0576. The van der Waals surface area contributed by atoms with E-state index in [4.69, 9.17) is 0 Å². The quantitative estimate of drug-likeness (QED) is 0.533. The molecule has 1 aromatic rings. The van der Waals surface area contributed by atoms with Crippen molar-refractivity contribution in [2.75, 3.05) is 26.7 Å². The number of nitrogens with zero attached hydrogens (tertiary/aromatic N) is 4. The standard InChI is InChI=1S/C12H21N5O3/c1-15-4-2-3-10(15)5-13-7-12(18)9-16-8-11(6-14-16)17(19)20/h6,8,10,12-13,18H,2-5,7,9H2,1H3. The average molecular weight is 283 g/mol. The number of aliphatic hydroxyl groups is 1. The first-order chi connectivity index (χ1) is 9.56. The summed E-state index contributed by atoms with van der Waals surface area (Å²) in [5, 5.41) is 27.5. The lowest BCUT2D eigenvalue weighted by molar-refractivity contribution is -0.385. The van der Waals surface area contributed by atoms with Crippen LogP contribution in [0.1, 0.15) is 12.8 Å². The maximum absolute atomic E-state index is 10.5. The molecule has 0 aromatic carbocycles. The summed E-state index contributed by atoms with van der Waals surface area (Å²) in [6, 6.07) is 0.535. The zero-order valence-corrected chi connectivity index (χ0v) is 11.6. The maximum atomic E-state index is 10.5. The molecule has 1 aliphatic rings. The number of aliphatic hydroxyl groups excluding tert-OH is 1. The van der Waals surface area contributed by atoms with E-state index in [9.17, 15) is 15.2 Å². The molecular weight excluding hydrogens is 262 g/mol. The largest absolute Gasteiger partial charge is 0.390 e. The monoisotopic (exact) mass is 283 g/mol. The van der Waals surface area contributed by atoms with Crippen LogP contribution in [0.15, 0.2) is 12.4 Å². The highest BCUT2D eigenvalue weighted by Gasteiger charge is 2.20. The van der Waals surface area contributed by atoms with Gasteiger partial charge in [-0.2, -0.15) is 5.10 Å². The van der Waals surface area contributed by atoms with E-state index in [0.29, 0.717) is 12.6 Å². The summed E-state index contributed by atoms with van der Waals surface area (Å²) in [6.45, 7) is 2.69. The van der Waals surface area contributed by atoms with Gasteiger partial charge in [-0.1, -0.05) is 0 Å². The van der Waals surface area contributed by atoms with E-state index in [1.807, 2.05) is 0 Å². The second kappa shape index (κ2) is 6.78. The Morgan fingerprint density at radius 1 is 1.70 bits per heavy atom. The highest BCUT2D eigenvalue weighted by molar-refractivity contribution is 5.20. The molecule has 2 heterocycles. The van der Waals surface area contributed by atoms with E-state index in [0.717, 1.165) is 13.1 Å². The molecule has 0 radical (unpaired) electrons. The van der Waals surface area contributed by atoms with E-state index in [1.54, 1.807) is 0 Å². The van der Waals surface area contributed by atoms with Crippen molar-refractivity contribution in [2.24, 2.45) is 0 Å². The molecule has 0 saturated carbocycles. The molecule has 8 heteroatoms. The third-order valence-electron chi connectivity index (χ3n) is 3.66.